The van der Waals surface area contributed by atoms with Crippen LogP contribution in [0.1, 0.15) is 19.6 Å². The first-order chi connectivity index (χ1) is 13.0. The first kappa shape index (κ1) is 19.7. The fourth-order valence-corrected chi connectivity index (χ4v) is 4.37. The molecule has 146 valence electrons. The maximum absolute atomic E-state index is 12.1. The lowest BCUT2D eigenvalue weighted by atomic mass is 10.2. The topological polar surface area (TPSA) is 91.6 Å². The fraction of sp³-hybridized carbons (Fsp3) is 0.529. The van der Waals surface area contributed by atoms with Crippen LogP contribution >= 0.6 is 23.1 Å². The lowest BCUT2D eigenvalue weighted by molar-refractivity contribution is -0.134. The van der Waals surface area contributed by atoms with Crippen molar-refractivity contribution in [3.8, 4) is 0 Å². The highest BCUT2D eigenvalue weighted by molar-refractivity contribution is 8.01. The van der Waals surface area contributed by atoms with E-state index in [4.69, 9.17) is 4.42 Å². The molecule has 0 radical (unpaired) electrons. The predicted molar refractivity (Wildman–Crippen MR) is 105 cm³/mol. The smallest absolute Gasteiger partial charge is 0.230 e. The summed E-state index contributed by atoms with van der Waals surface area (Å²) in [6, 6.07) is 3.61. The molecular weight excluding hydrogens is 386 g/mol. The van der Waals surface area contributed by atoms with Crippen LogP contribution in [0.3, 0.4) is 0 Å². The van der Waals surface area contributed by atoms with Crippen molar-refractivity contribution in [1.29, 1.82) is 0 Å². The molecule has 10 heteroatoms. The Morgan fingerprint density at radius 3 is 2.74 bits per heavy atom. The van der Waals surface area contributed by atoms with Crippen LogP contribution in [0.4, 0.5) is 5.13 Å². The molecule has 0 saturated carbocycles. The molecule has 27 heavy (non-hydrogen) atoms. The normalized spacial score (nSPS) is 14.6. The van der Waals surface area contributed by atoms with Gasteiger partial charge in [-0.2, -0.15) is 0 Å². The number of thioether (sulfide) groups is 1. The largest absolute Gasteiger partial charge is 0.467 e. The van der Waals surface area contributed by atoms with Gasteiger partial charge in [-0.05, 0) is 12.1 Å². The van der Waals surface area contributed by atoms with Gasteiger partial charge in [-0.15, -0.1) is 10.2 Å². The molecule has 0 spiro atoms. The zero-order valence-corrected chi connectivity index (χ0v) is 17.0. The summed E-state index contributed by atoms with van der Waals surface area (Å²) < 4.78 is 5.94. The summed E-state index contributed by atoms with van der Waals surface area (Å²) in [5, 5.41) is 12.0. The fourth-order valence-electron chi connectivity index (χ4n) is 2.65. The van der Waals surface area contributed by atoms with Crippen molar-refractivity contribution in [2.45, 2.75) is 24.7 Å². The summed E-state index contributed by atoms with van der Waals surface area (Å²) in [6.45, 7) is 7.14. The zero-order chi connectivity index (χ0) is 19.2. The minimum Gasteiger partial charge on any atom is -0.467 e. The van der Waals surface area contributed by atoms with Crippen molar-refractivity contribution < 1.29 is 14.0 Å². The SMILES string of the molecule is CC(C)C(=O)N1CCN(c2nnc(SCC(=O)NCc3ccco3)s2)CC1. The summed E-state index contributed by atoms with van der Waals surface area (Å²) in [5.41, 5.74) is 0. The van der Waals surface area contributed by atoms with E-state index in [0.717, 1.165) is 28.3 Å². The minimum absolute atomic E-state index is 0.0278. The average Bonchev–Trinajstić information content (AvgIpc) is 3.36. The summed E-state index contributed by atoms with van der Waals surface area (Å²) in [4.78, 5) is 28.0. The Morgan fingerprint density at radius 2 is 2.07 bits per heavy atom. The van der Waals surface area contributed by atoms with Gasteiger partial charge in [0.05, 0.1) is 18.6 Å². The molecule has 8 nitrogen and oxygen atoms in total. The molecule has 0 bridgehead atoms. The number of carbonyl (C=O) groups is 2. The molecule has 1 aliphatic rings. The van der Waals surface area contributed by atoms with Gasteiger partial charge in [0, 0.05) is 32.1 Å². The van der Waals surface area contributed by atoms with Gasteiger partial charge in [0.15, 0.2) is 4.34 Å². The van der Waals surface area contributed by atoms with Crippen LogP contribution < -0.4 is 10.2 Å². The Labute approximate surface area is 166 Å². The monoisotopic (exact) mass is 409 g/mol. The third kappa shape index (κ3) is 5.46. The summed E-state index contributed by atoms with van der Waals surface area (Å²) in [6.07, 6.45) is 1.58. The number of nitrogens with one attached hydrogen (secondary N) is 1. The number of hydrogen-bond donors (Lipinski definition) is 1. The Hall–Kier alpha value is -2.07. The molecule has 3 heterocycles. The number of aromatic nitrogens is 2. The molecule has 1 fully saturated rings. The second-order valence-corrected chi connectivity index (χ2v) is 8.64. The van der Waals surface area contributed by atoms with Gasteiger partial charge >= 0.3 is 0 Å². The number of carbonyl (C=O) groups excluding carboxylic acids is 2. The van der Waals surface area contributed by atoms with E-state index in [-0.39, 0.29) is 23.5 Å². The van der Waals surface area contributed by atoms with Gasteiger partial charge in [0.2, 0.25) is 16.9 Å². The summed E-state index contributed by atoms with van der Waals surface area (Å²) in [5.74, 6) is 1.16. The van der Waals surface area contributed by atoms with E-state index < -0.39 is 0 Å². The van der Waals surface area contributed by atoms with Crippen LogP contribution in [0.15, 0.2) is 27.2 Å². The second-order valence-electron chi connectivity index (χ2n) is 6.46. The van der Waals surface area contributed by atoms with E-state index in [1.807, 2.05) is 24.8 Å². The molecule has 2 amide bonds. The van der Waals surface area contributed by atoms with E-state index >= 15 is 0 Å². The van der Waals surface area contributed by atoms with Gasteiger partial charge in [-0.25, -0.2) is 0 Å². The van der Waals surface area contributed by atoms with Crippen LogP contribution in [0.5, 0.6) is 0 Å². The van der Waals surface area contributed by atoms with Crippen molar-refractivity contribution in [2.75, 3.05) is 36.8 Å². The van der Waals surface area contributed by atoms with Crippen LogP contribution in [-0.2, 0) is 16.1 Å². The van der Waals surface area contributed by atoms with Crippen LogP contribution in [0, 0.1) is 5.92 Å². The molecule has 1 N–H and O–H groups in total. The predicted octanol–water partition coefficient (Wildman–Crippen LogP) is 1.84. The zero-order valence-electron chi connectivity index (χ0n) is 15.4. The van der Waals surface area contributed by atoms with Crippen LogP contribution in [0.25, 0.3) is 0 Å². The number of amides is 2. The lowest BCUT2D eigenvalue weighted by Crippen LogP contribution is -2.49. The Morgan fingerprint density at radius 1 is 1.30 bits per heavy atom. The van der Waals surface area contributed by atoms with E-state index in [2.05, 4.69) is 20.4 Å². The second kappa shape index (κ2) is 9.23. The van der Waals surface area contributed by atoms with Gasteiger partial charge < -0.3 is 19.5 Å². The number of rotatable bonds is 7. The van der Waals surface area contributed by atoms with Crippen molar-refractivity contribution in [3.05, 3.63) is 24.2 Å². The summed E-state index contributed by atoms with van der Waals surface area (Å²) >= 11 is 2.85. The van der Waals surface area contributed by atoms with Gasteiger partial charge in [-0.3, -0.25) is 9.59 Å². The number of anilines is 1. The Balaban J connectivity index is 1.42. The van der Waals surface area contributed by atoms with E-state index in [1.165, 1.54) is 23.1 Å². The maximum atomic E-state index is 12.1. The molecule has 1 saturated heterocycles. The first-order valence-electron chi connectivity index (χ1n) is 8.82. The molecule has 2 aromatic rings. The van der Waals surface area contributed by atoms with Crippen molar-refractivity contribution in [1.82, 2.24) is 20.4 Å². The quantitative estimate of drug-likeness (QED) is 0.698. The maximum Gasteiger partial charge on any atom is 0.230 e. The molecule has 2 aromatic heterocycles. The molecule has 0 aliphatic carbocycles. The van der Waals surface area contributed by atoms with Gasteiger partial charge in [0.1, 0.15) is 5.76 Å². The molecule has 0 unspecified atom stereocenters. The van der Waals surface area contributed by atoms with E-state index in [1.54, 1.807) is 12.3 Å². The minimum atomic E-state index is -0.0750. The molecule has 3 rings (SSSR count). The third-order valence-electron chi connectivity index (χ3n) is 4.12. The first-order valence-corrected chi connectivity index (χ1v) is 10.6. The molecule has 1 aliphatic heterocycles. The number of furan rings is 1. The highest BCUT2D eigenvalue weighted by Crippen LogP contribution is 2.28. The van der Waals surface area contributed by atoms with Crippen molar-refractivity contribution in [2.24, 2.45) is 5.92 Å². The lowest BCUT2D eigenvalue weighted by Gasteiger charge is -2.35. The molecule has 0 aromatic carbocycles. The average molecular weight is 410 g/mol. The third-order valence-corrected chi connectivity index (χ3v) is 6.24. The number of nitrogens with zero attached hydrogens (tertiary/aromatic N) is 4. The van der Waals surface area contributed by atoms with Crippen molar-refractivity contribution >= 4 is 40.0 Å². The highest BCUT2D eigenvalue weighted by Gasteiger charge is 2.24. The molecule has 0 atom stereocenters. The van der Waals surface area contributed by atoms with E-state index in [9.17, 15) is 9.59 Å². The number of hydrogen-bond acceptors (Lipinski definition) is 8. The Kier molecular flexibility index (Phi) is 6.73. The van der Waals surface area contributed by atoms with Gasteiger partial charge in [0.25, 0.3) is 0 Å². The number of piperazine rings is 1. The van der Waals surface area contributed by atoms with Crippen LogP contribution in [-0.4, -0.2) is 58.8 Å². The molecular formula is C17H23N5O3S2. The van der Waals surface area contributed by atoms with E-state index in [0.29, 0.717) is 19.6 Å². The highest BCUT2D eigenvalue weighted by atomic mass is 32.2. The van der Waals surface area contributed by atoms with Crippen molar-refractivity contribution in [3.63, 3.8) is 0 Å². The van der Waals surface area contributed by atoms with Gasteiger partial charge in [-0.1, -0.05) is 36.9 Å². The van der Waals surface area contributed by atoms with Crippen LogP contribution in [0.2, 0.25) is 0 Å². The summed E-state index contributed by atoms with van der Waals surface area (Å²) in [7, 11) is 0. The standard InChI is InChI=1S/C17H23N5O3S2/c1-12(2)15(24)21-5-7-22(8-6-21)16-19-20-17(27-16)26-11-14(23)18-10-13-4-3-9-25-13/h3-4,9,12H,5-8,10-11H2,1-2H3,(H,18,23). The Bertz CT molecular complexity index is 754.